The van der Waals surface area contributed by atoms with Crippen LogP contribution in [0.25, 0.3) is 10.1 Å². The van der Waals surface area contributed by atoms with E-state index in [1.807, 2.05) is 0 Å². The van der Waals surface area contributed by atoms with Crippen molar-refractivity contribution in [3.05, 3.63) is 63.9 Å². The van der Waals surface area contributed by atoms with Gasteiger partial charge >= 0.3 is 14.5 Å². The van der Waals surface area contributed by atoms with E-state index in [0.717, 1.165) is 0 Å². The van der Waals surface area contributed by atoms with Gasteiger partial charge in [-0.05, 0) is 61.7 Å². The first kappa shape index (κ1) is 31.1. The van der Waals surface area contributed by atoms with Crippen molar-refractivity contribution in [2.45, 2.75) is 34.6 Å². The molecule has 0 saturated carbocycles. The first-order chi connectivity index (χ1) is 13.0. The van der Waals surface area contributed by atoms with E-state index in [9.17, 15) is 34.5 Å². The van der Waals surface area contributed by atoms with Crippen molar-refractivity contribution in [2.24, 2.45) is 0 Å². The van der Waals surface area contributed by atoms with E-state index in [4.69, 9.17) is 0 Å². The molecule has 0 N–H and O–H groups in total. The normalized spacial score (nSPS) is 14.2. The van der Waals surface area contributed by atoms with Gasteiger partial charge in [-0.2, -0.15) is 0 Å². The standard InChI is InChI=1S/C10H15.C8H6S.2BF4.Ir/c1-6-7(2)9(4)10(5)8(6)3;1-2-4-8-7(3-1)5-6-9-8;2*2-1(3,4)5;/h1-5H3;1-6H;;;/q;;2*-1;. The van der Waals surface area contributed by atoms with E-state index in [2.05, 4.69) is 70.3 Å². The van der Waals surface area contributed by atoms with E-state index in [1.165, 1.54) is 38.3 Å². The molecule has 1 heterocycles. The van der Waals surface area contributed by atoms with Crippen molar-refractivity contribution in [2.75, 3.05) is 0 Å². The van der Waals surface area contributed by atoms with Crippen molar-refractivity contribution in [1.29, 1.82) is 0 Å². The minimum Gasteiger partial charge on any atom is -0.418 e. The molecule has 0 nitrogen and oxygen atoms in total. The molecule has 0 spiro atoms. The number of thiophene rings is 1. The van der Waals surface area contributed by atoms with Gasteiger partial charge in [0.1, 0.15) is 0 Å². The summed E-state index contributed by atoms with van der Waals surface area (Å²) in [4.78, 5) is 0. The average molecular weight is 635 g/mol. The minimum atomic E-state index is -6.00. The van der Waals surface area contributed by atoms with Gasteiger partial charge in [0.25, 0.3) is 0 Å². The maximum Gasteiger partial charge on any atom is 0.673 e. The van der Waals surface area contributed by atoms with Crippen LogP contribution in [0.5, 0.6) is 0 Å². The Morgan fingerprint density at radius 2 is 0.967 bits per heavy atom. The van der Waals surface area contributed by atoms with Gasteiger partial charge in [-0.25, -0.2) is 0 Å². The van der Waals surface area contributed by atoms with E-state index in [-0.39, 0.29) is 20.1 Å². The third kappa shape index (κ3) is 14.0. The van der Waals surface area contributed by atoms with Crippen LogP contribution in [0.15, 0.2) is 58.0 Å². The number of halogens is 8. The summed E-state index contributed by atoms with van der Waals surface area (Å²) >= 11 is 1.79. The number of benzene rings is 1. The molecule has 0 aliphatic heterocycles. The predicted molar refractivity (Wildman–Crippen MR) is 108 cm³/mol. The Kier molecular flexibility index (Phi) is 13.8. The molecular weight excluding hydrogens is 614 g/mol. The summed E-state index contributed by atoms with van der Waals surface area (Å²) in [6.07, 6.45) is 0. The number of hydrogen-bond acceptors (Lipinski definition) is 1. The summed E-state index contributed by atoms with van der Waals surface area (Å²) in [5, 5.41) is 3.47. The van der Waals surface area contributed by atoms with Crippen LogP contribution in [0.4, 0.5) is 34.5 Å². The van der Waals surface area contributed by atoms with Crippen LogP contribution in [0.3, 0.4) is 0 Å². The van der Waals surface area contributed by atoms with Gasteiger partial charge in [-0.15, -0.1) is 11.3 Å². The van der Waals surface area contributed by atoms with Gasteiger partial charge in [0, 0.05) is 30.7 Å². The molecule has 0 bridgehead atoms. The van der Waals surface area contributed by atoms with E-state index < -0.39 is 14.5 Å². The van der Waals surface area contributed by atoms with Crippen LogP contribution in [-0.2, 0) is 20.1 Å². The van der Waals surface area contributed by atoms with Crippen LogP contribution < -0.4 is 0 Å². The maximum atomic E-state index is 9.75. The average Bonchev–Trinajstić information content (AvgIpc) is 3.10. The van der Waals surface area contributed by atoms with Gasteiger partial charge in [0.2, 0.25) is 0 Å². The fraction of sp³-hybridized carbons (Fsp3) is 0.278. The summed E-state index contributed by atoms with van der Waals surface area (Å²) in [5.74, 6) is 1.47. The predicted octanol–water partition coefficient (Wildman–Crippen LogP) is 8.77. The Labute approximate surface area is 189 Å². The van der Waals surface area contributed by atoms with Crippen molar-refractivity contribution in [3.8, 4) is 0 Å². The molecule has 0 unspecified atom stereocenters. The molecule has 0 amide bonds. The maximum absolute atomic E-state index is 9.75. The molecule has 1 aliphatic rings. The molecule has 3 rings (SSSR count). The molecule has 0 fully saturated rings. The third-order valence-electron chi connectivity index (χ3n) is 4.17. The monoisotopic (exact) mass is 636 g/mol. The zero-order valence-electron chi connectivity index (χ0n) is 16.9. The van der Waals surface area contributed by atoms with E-state index >= 15 is 0 Å². The van der Waals surface area contributed by atoms with Gasteiger partial charge in [0.15, 0.2) is 0 Å². The topological polar surface area (TPSA) is 0 Å². The fourth-order valence-corrected chi connectivity index (χ4v) is 3.10. The first-order valence-corrected chi connectivity index (χ1v) is 9.26. The molecule has 30 heavy (non-hydrogen) atoms. The number of allylic oxidation sites excluding steroid dienone is 4. The third-order valence-corrected chi connectivity index (χ3v) is 5.07. The zero-order valence-corrected chi connectivity index (χ0v) is 20.1. The molecule has 172 valence electrons. The Balaban J connectivity index is 0. The molecule has 1 aliphatic carbocycles. The SMILES string of the molecule is C[C]1C(C)=C(C)C(C)=C1C.F[B-](F)(F)F.F[B-](F)(F)F.[Ir].c1ccc2sccc2c1. The summed E-state index contributed by atoms with van der Waals surface area (Å²) in [5.41, 5.74) is 5.87. The summed E-state index contributed by atoms with van der Waals surface area (Å²) in [6, 6.07) is 10.5. The Hall–Kier alpha value is -1.12. The van der Waals surface area contributed by atoms with Crippen LogP contribution in [0.1, 0.15) is 34.6 Å². The second kappa shape index (κ2) is 13.3. The van der Waals surface area contributed by atoms with Crippen molar-refractivity contribution < 1.29 is 54.6 Å². The number of fused-ring (bicyclic) bond motifs is 1. The van der Waals surface area contributed by atoms with Crippen LogP contribution in [0.2, 0.25) is 0 Å². The van der Waals surface area contributed by atoms with Gasteiger partial charge in [0.05, 0.1) is 0 Å². The molecule has 1 aromatic carbocycles. The Morgan fingerprint density at radius 1 is 0.600 bits per heavy atom. The molecule has 0 saturated heterocycles. The smallest absolute Gasteiger partial charge is 0.418 e. The van der Waals surface area contributed by atoms with Crippen LogP contribution >= 0.6 is 11.3 Å². The molecule has 12 heteroatoms. The fourth-order valence-electron chi connectivity index (χ4n) is 2.31. The quantitative estimate of drug-likeness (QED) is 0.201. The molecule has 0 atom stereocenters. The van der Waals surface area contributed by atoms with E-state index in [0.29, 0.717) is 0 Å². The van der Waals surface area contributed by atoms with Gasteiger partial charge in [-0.1, -0.05) is 36.3 Å². The van der Waals surface area contributed by atoms with Crippen LogP contribution in [-0.4, -0.2) is 14.5 Å². The van der Waals surface area contributed by atoms with Crippen LogP contribution in [0, 0.1) is 5.92 Å². The number of rotatable bonds is 0. The first-order valence-electron chi connectivity index (χ1n) is 8.38. The zero-order chi connectivity index (χ0) is 23.0. The number of hydrogen-bond donors (Lipinski definition) is 0. The van der Waals surface area contributed by atoms with Crippen molar-refractivity contribution in [3.63, 3.8) is 0 Å². The summed E-state index contributed by atoms with van der Waals surface area (Å²) < 4.78 is 79.4. The largest absolute Gasteiger partial charge is 0.673 e. The second-order valence-electron chi connectivity index (χ2n) is 6.07. The Morgan fingerprint density at radius 3 is 1.27 bits per heavy atom. The molecule has 1 aromatic heterocycles. The molecule has 2 aromatic rings. The summed E-state index contributed by atoms with van der Waals surface area (Å²) in [7, 11) is -12.0. The second-order valence-corrected chi connectivity index (χ2v) is 7.02. The molecular formula is C18H21B2F8IrS-2. The minimum absolute atomic E-state index is 0. The molecule has 2 radical (unpaired) electrons. The van der Waals surface area contributed by atoms with Gasteiger partial charge in [-0.3, -0.25) is 0 Å². The van der Waals surface area contributed by atoms with Crippen molar-refractivity contribution in [1.82, 2.24) is 0 Å². The van der Waals surface area contributed by atoms with E-state index in [1.54, 1.807) is 11.3 Å². The van der Waals surface area contributed by atoms with Crippen molar-refractivity contribution >= 4 is 35.9 Å². The Bertz CT molecular complexity index is 762. The van der Waals surface area contributed by atoms with Gasteiger partial charge < -0.3 is 34.5 Å². The summed E-state index contributed by atoms with van der Waals surface area (Å²) in [6.45, 7) is 11.0.